The zero-order valence-electron chi connectivity index (χ0n) is 10.1. The molecule has 1 aromatic rings. The summed E-state index contributed by atoms with van der Waals surface area (Å²) in [6.07, 6.45) is 3.84. The van der Waals surface area contributed by atoms with Gasteiger partial charge in [-0.15, -0.1) is 0 Å². The van der Waals surface area contributed by atoms with Crippen LogP contribution < -0.4 is 0 Å². The summed E-state index contributed by atoms with van der Waals surface area (Å²) >= 11 is 0. The minimum absolute atomic E-state index is 0.557. The van der Waals surface area contributed by atoms with Gasteiger partial charge in [0.15, 0.2) is 5.76 Å². The van der Waals surface area contributed by atoms with Gasteiger partial charge in [-0.25, -0.2) is 0 Å². The summed E-state index contributed by atoms with van der Waals surface area (Å²) in [5.41, 5.74) is 1.15. The summed E-state index contributed by atoms with van der Waals surface area (Å²) < 4.78 is 10.8. The second-order valence-corrected chi connectivity index (χ2v) is 3.40. The highest BCUT2D eigenvalue weighted by atomic mass is 16.5. The molecule has 0 N–H and O–H groups in total. The van der Waals surface area contributed by atoms with E-state index in [9.17, 15) is 0 Å². The van der Waals surface area contributed by atoms with Crippen molar-refractivity contribution in [1.82, 2.24) is 0 Å². The molecule has 0 aromatic heterocycles. The molecule has 0 fully saturated rings. The fraction of sp³-hybridized carbons (Fsp3) is 0.286. The molecule has 0 heterocycles. The van der Waals surface area contributed by atoms with Crippen LogP contribution in [0.3, 0.4) is 0 Å². The number of hydrogen-bond acceptors (Lipinski definition) is 2. The van der Waals surface area contributed by atoms with Gasteiger partial charge in [-0.05, 0) is 25.5 Å². The van der Waals surface area contributed by atoms with Gasteiger partial charge in [-0.3, -0.25) is 0 Å². The largest absolute Gasteiger partial charge is 0.498 e. The Morgan fingerprint density at radius 2 is 1.94 bits per heavy atom. The molecule has 0 bridgehead atoms. The lowest BCUT2D eigenvalue weighted by Gasteiger charge is -2.10. The third-order valence-electron chi connectivity index (χ3n) is 2.21. The van der Waals surface area contributed by atoms with Crippen molar-refractivity contribution in [2.75, 3.05) is 7.11 Å². The molecule has 0 unspecified atom stereocenters. The zero-order valence-corrected chi connectivity index (χ0v) is 10.1. The number of ether oxygens (including phenoxy) is 2. The standard InChI is InChI=1S/C14H18O2/c1-4-8-14(12(2)15-3)16-11-13-9-6-5-7-10-13/h4-10H,11H2,1-3H3. The number of benzene rings is 1. The third-order valence-corrected chi connectivity index (χ3v) is 2.21. The van der Waals surface area contributed by atoms with E-state index in [1.54, 1.807) is 7.11 Å². The maximum atomic E-state index is 5.69. The number of rotatable bonds is 5. The highest BCUT2D eigenvalue weighted by molar-refractivity contribution is 5.17. The monoisotopic (exact) mass is 218 g/mol. The fourth-order valence-corrected chi connectivity index (χ4v) is 1.25. The Hall–Kier alpha value is -1.70. The van der Waals surface area contributed by atoms with Gasteiger partial charge < -0.3 is 9.47 Å². The molecule has 0 atom stereocenters. The lowest BCUT2D eigenvalue weighted by molar-refractivity contribution is 0.178. The first kappa shape index (κ1) is 12.4. The van der Waals surface area contributed by atoms with E-state index in [1.807, 2.05) is 56.3 Å². The van der Waals surface area contributed by atoms with Gasteiger partial charge in [0, 0.05) is 0 Å². The van der Waals surface area contributed by atoms with E-state index in [0.29, 0.717) is 6.61 Å². The van der Waals surface area contributed by atoms with Crippen LogP contribution in [0.15, 0.2) is 54.0 Å². The molecular weight excluding hydrogens is 200 g/mol. The third kappa shape index (κ3) is 3.81. The number of hydrogen-bond donors (Lipinski definition) is 0. The van der Waals surface area contributed by atoms with Crippen molar-refractivity contribution in [3.05, 3.63) is 59.6 Å². The molecule has 2 nitrogen and oxygen atoms in total. The van der Waals surface area contributed by atoms with Crippen LogP contribution in [-0.2, 0) is 16.1 Å². The fourth-order valence-electron chi connectivity index (χ4n) is 1.25. The Labute approximate surface area is 97.2 Å². The summed E-state index contributed by atoms with van der Waals surface area (Å²) in [6, 6.07) is 10.1. The summed E-state index contributed by atoms with van der Waals surface area (Å²) in [5, 5.41) is 0. The highest BCUT2D eigenvalue weighted by Crippen LogP contribution is 2.12. The first-order valence-electron chi connectivity index (χ1n) is 5.32. The van der Waals surface area contributed by atoms with Gasteiger partial charge in [0.2, 0.25) is 0 Å². The van der Waals surface area contributed by atoms with Gasteiger partial charge in [-0.1, -0.05) is 36.4 Å². The van der Waals surface area contributed by atoms with E-state index < -0.39 is 0 Å². The molecule has 2 heteroatoms. The van der Waals surface area contributed by atoms with Crippen molar-refractivity contribution in [1.29, 1.82) is 0 Å². The molecule has 16 heavy (non-hydrogen) atoms. The second-order valence-electron chi connectivity index (χ2n) is 3.40. The first-order valence-corrected chi connectivity index (χ1v) is 5.32. The summed E-state index contributed by atoms with van der Waals surface area (Å²) in [4.78, 5) is 0. The van der Waals surface area contributed by atoms with E-state index in [2.05, 4.69) is 0 Å². The van der Waals surface area contributed by atoms with Crippen LogP contribution in [0.25, 0.3) is 0 Å². The van der Waals surface area contributed by atoms with Gasteiger partial charge in [0.05, 0.1) is 7.11 Å². The number of methoxy groups -OCH3 is 1. The molecule has 1 aromatic carbocycles. The van der Waals surface area contributed by atoms with Crippen molar-refractivity contribution in [2.45, 2.75) is 20.5 Å². The maximum absolute atomic E-state index is 5.69. The molecule has 0 amide bonds. The first-order chi connectivity index (χ1) is 7.77. The molecule has 0 aliphatic rings. The van der Waals surface area contributed by atoms with Crippen LogP contribution in [0.1, 0.15) is 19.4 Å². The Kier molecular flexibility index (Phi) is 5.20. The quantitative estimate of drug-likeness (QED) is 0.554. The van der Waals surface area contributed by atoms with E-state index in [4.69, 9.17) is 9.47 Å². The summed E-state index contributed by atoms with van der Waals surface area (Å²) in [7, 11) is 1.64. The van der Waals surface area contributed by atoms with E-state index in [-0.39, 0.29) is 0 Å². The van der Waals surface area contributed by atoms with Crippen molar-refractivity contribution >= 4 is 0 Å². The molecule has 0 saturated heterocycles. The minimum Gasteiger partial charge on any atom is -0.498 e. The molecule has 0 aliphatic carbocycles. The van der Waals surface area contributed by atoms with Gasteiger partial charge >= 0.3 is 0 Å². The van der Waals surface area contributed by atoms with Crippen LogP contribution >= 0.6 is 0 Å². The lowest BCUT2D eigenvalue weighted by Crippen LogP contribution is -1.96. The van der Waals surface area contributed by atoms with Gasteiger partial charge in [0.25, 0.3) is 0 Å². The molecule has 0 aliphatic heterocycles. The summed E-state index contributed by atoms with van der Waals surface area (Å²) in [6.45, 7) is 4.40. The number of allylic oxidation sites excluding steroid dienone is 3. The molecular formula is C14H18O2. The molecule has 0 radical (unpaired) electrons. The van der Waals surface area contributed by atoms with Crippen LogP contribution in [0.5, 0.6) is 0 Å². The van der Waals surface area contributed by atoms with Crippen LogP contribution in [0.2, 0.25) is 0 Å². The Balaban J connectivity index is 2.65. The van der Waals surface area contributed by atoms with Crippen LogP contribution in [0.4, 0.5) is 0 Å². The Morgan fingerprint density at radius 3 is 2.50 bits per heavy atom. The average molecular weight is 218 g/mol. The molecule has 86 valence electrons. The topological polar surface area (TPSA) is 18.5 Å². The average Bonchev–Trinajstić information content (AvgIpc) is 2.34. The maximum Gasteiger partial charge on any atom is 0.156 e. The van der Waals surface area contributed by atoms with Crippen molar-refractivity contribution < 1.29 is 9.47 Å². The molecule has 0 spiro atoms. The van der Waals surface area contributed by atoms with Gasteiger partial charge in [-0.2, -0.15) is 0 Å². The van der Waals surface area contributed by atoms with E-state index >= 15 is 0 Å². The van der Waals surface area contributed by atoms with Gasteiger partial charge in [0.1, 0.15) is 12.4 Å². The minimum atomic E-state index is 0.557. The Bertz CT molecular complexity index is 364. The zero-order chi connectivity index (χ0) is 11.8. The predicted molar refractivity (Wildman–Crippen MR) is 65.8 cm³/mol. The van der Waals surface area contributed by atoms with Crippen molar-refractivity contribution in [3.63, 3.8) is 0 Å². The SMILES string of the molecule is CC=CC(OCc1ccccc1)=C(C)OC. The van der Waals surface area contributed by atoms with Crippen LogP contribution in [-0.4, -0.2) is 7.11 Å². The predicted octanol–water partition coefficient (Wildman–Crippen LogP) is 3.66. The Morgan fingerprint density at radius 1 is 1.25 bits per heavy atom. The lowest BCUT2D eigenvalue weighted by atomic mass is 10.2. The molecule has 1 rings (SSSR count). The normalized spacial score (nSPS) is 12.4. The smallest absolute Gasteiger partial charge is 0.156 e. The van der Waals surface area contributed by atoms with Crippen LogP contribution in [0, 0.1) is 0 Å². The van der Waals surface area contributed by atoms with E-state index in [1.165, 1.54) is 0 Å². The highest BCUT2D eigenvalue weighted by Gasteiger charge is 2.00. The summed E-state index contributed by atoms with van der Waals surface area (Å²) in [5.74, 6) is 1.56. The van der Waals surface area contributed by atoms with Crippen molar-refractivity contribution in [3.8, 4) is 0 Å². The van der Waals surface area contributed by atoms with E-state index in [0.717, 1.165) is 17.1 Å². The second kappa shape index (κ2) is 6.72. The molecule has 0 saturated carbocycles. The van der Waals surface area contributed by atoms with Crippen molar-refractivity contribution in [2.24, 2.45) is 0 Å².